The van der Waals surface area contributed by atoms with Crippen molar-refractivity contribution in [3.63, 3.8) is 0 Å². The number of hydrogen-bond acceptors (Lipinski definition) is 7. The summed E-state index contributed by atoms with van der Waals surface area (Å²) in [5.74, 6) is -0.272. The Morgan fingerprint density at radius 2 is 1.94 bits per heavy atom. The van der Waals surface area contributed by atoms with E-state index >= 15 is 0 Å². The highest BCUT2D eigenvalue weighted by Crippen LogP contribution is 2.37. The smallest absolute Gasteiger partial charge is 0.335 e. The average molecular weight is 470 g/mol. The molecule has 0 saturated carbocycles. The maximum atomic E-state index is 11.2. The second-order valence-electron chi connectivity index (χ2n) is 6.73. The average Bonchev–Trinajstić information content (AvgIpc) is 2.79. The van der Waals surface area contributed by atoms with Crippen molar-refractivity contribution >= 4 is 35.2 Å². The van der Waals surface area contributed by atoms with E-state index in [0.717, 1.165) is 0 Å². The zero-order chi connectivity index (χ0) is 23.8. The van der Waals surface area contributed by atoms with Gasteiger partial charge < -0.3 is 14.6 Å². The predicted octanol–water partition coefficient (Wildman–Crippen LogP) is 5.37. The molecule has 0 amide bonds. The minimum Gasteiger partial charge on any atom is -0.490 e. The molecule has 0 aliphatic heterocycles. The number of carboxylic acids is 1. The summed E-state index contributed by atoms with van der Waals surface area (Å²) in [6.45, 7) is 2.31. The third-order valence-electron chi connectivity index (χ3n) is 4.37. The molecule has 10 heteroatoms. The summed E-state index contributed by atoms with van der Waals surface area (Å²) in [7, 11) is 0. The van der Waals surface area contributed by atoms with E-state index in [9.17, 15) is 14.9 Å². The Kier molecular flexibility index (Phi) is 7.82. The molecule has 0 aliphatic rings. The van der Waals surface area contributed by atoms with Crippen molar-refractivity contribution in [3.05, 3.63) is 92.5 Å². The van der Waals surface area contributed by atoms with Gasteiger partial charge in [0.15, 0.2) is 11.5 Å². The fourth-order valence-corrected chi connectivity index (χ4v) is 3.13. The summed E-state index contributed by atoms with van der Waals surface area (Å²) in [6.07, 6.45) is 1.52. The first-order valence-corrected chi connectivity index (χ1v) is 10.2. The number of nitrogens with zero attached hydrogens (tertiary/aromatic N) is 2. The Bertz CT molecular complexity index is 1180. The van der Waals surface area contributed by atoms with Crippen molar-refractivity contribution in [3.8, 4) is 11.5 Å². The predicted molar refractivity (Wildman–Crippen MR) is 125 cm³/mol. The number of anilines is 1. The van der Waals surface area contributed by atoms with Crippen LogP contribution >= 0.6 is 11.6 Å². The lowest BCUT2D eigenvalue weighted by Gasteiger charge is -2.14. The molecule has 2 N–H and O–H groups in total. The normalized spacial score (nSPS) is 10.7. The number of hydrogen-bond donors (Lipinski definition) is 2. The number of nitro benzene ring substituents is 1. The van der Waals surface area contributed by atoms with E-state index in [4.69, 9.17) is 26.2 Å². The third kappa shape index (κ3) is 6.44. The molecule has 0 bridgehead atoms. The zero-order valence-electron chi connectivity index (χ0n) is 17.5. The molecule has 9 nitrogen and oxygen atoms in total. The number of benzene rings is 3. The summed E-state index contributed by atoms with van der Waals surface area (Å²) in [6, 6.07) is 15.6. The van der Waals surface area contributed by atoms with Crippen LogP contribution in [0.5, 0.6) is 11.5 Å². The number of carboxylic acid groups (broad SMARTS) is 1. The number of ether oxygens (including phenoxy) is 2. The molecule has 0 fully saturated rings. The lowest BCUT2D eigenvalue weighted by molar-refractivity contribution is -0.384. The summed E-state index contributed by atoms with van der Waals surface area (Å²) in [5, 5.41) is 24.3. The molecule has 3 aromatic carbocycles. The molecular formula is C23H20ClN3O6. The molecule has 0 unspecified atom stereocenters. The Labute approximate surface area is 194 Å². The van der Waals surface area contributed by atoms with Gasteiger partial charge in [0.2, 0.25) is 0 Å². The number of hydrazone groups is 1. The van der Waals surface area contributed by atoms with Crippen LogP contribution in [0, 0.1) is 10.1 Å². The fraction of sp³-hybridized carbons (Fsp3) is 0.130. The molecule has 0 aromatic heterocycles. The second kappa shape index (κ2) is 11.0. The van der Waals surface area contributed by atoms with Crippen LogP contribution in [-0.4, -0.2) is 28.8 Å². The summed E-state index contributed by atoms with van der Waals surface area (Å²) in [5.41, 5.74) is 4.83. The van der Waals surface area contributed by atoms with E-state index in [0.29, 0.717) is 39.9 Å². The van der Waals surface area contributed by atoms with Gasteiger partial charge in [-0.2, -0.15) is 5.10 Å². The minimum absolute atomic E-state index is 0.0112. The molecule has 0 atom stereocenters. The SMILES string of the molecule is CCOc1cc(/C=N/Nc2ccc([N+](=O)[O-])cc2)cc(Cl)c1OCc1cccc(C(=O)O)c1. The van der Waals surface area contributed by atoms with Crippen molar-refractivity contribution in [2.24, 2.45) is 5.10 Å². The molecular weight excluding hydrogens is 450 g/mol. The summed E-state index contributed by atoms with van der Waals surface area (Å²) < 4.78 is 11.5. The molecule has 0 radical (unpaired) electrons. The topological polar surface area (TPSA) is 123 Å². The number of rotatable bonds is 10. The van der Waals surface area contributed by atoms with Crippen LogP contribution in [0.2, 0.25) is 5.02 Å². The van der Waals surface area contributed by atoms with Gasteiger partial charge in [-0.05, 0) is 54.4 Å². The lowest BCUT2D eigenvalue weighted by atomic mass is 10.1. The highest BCUT2D eigenvalue weighted by Gasteiger charge is 2.13. The maximum absolute atomic E-state index is 11.2. The number of aromatic carboxylic acids is 1. The van der Waals surface area contributed by atoms with Crippen LogP contribution in [0.3, 0.4) is 0 Å². The molecule has 3 aromatic rings. The zero-order valence-corrected chi connectivity index (χ0v) is 18.3. The van der Waals surface area contributed by atoms with Crippen molar-refractivity contribution < 1.29 is 24.3 Å². The quantitative estimate of drug-likeness (QED) is 0.232. The van der Waals surface area contributed by atoms with E-state index in [-0.39, 0.29) is 17.9 Å². The minimum atomic E-state index is -1.02. The lowest BCUT2D eigenvalue weighted by Crippen LogP contribution is -2.03. The van der Waals surface area contributed by atoms with Crippen LogP contribution < -0.4 is 14.9 Å². The maximum Gasteiger partial charge on any atom is 0.335 e. The molecule has 0 saturated heterocycles. The van der Waals surface area contributed by atoms with Crippen LogP contribution in [0.4, 0.5) is 11.4 Å². The number of nitrogens with one attached hydrogen (secondary N) is 1. The summed E-state index contributed by atoms with van der Waals surface area (Å²) >= 11 is 6.42. The molecule has 3 rings (SSSR count). The van der Waals surface area contributed by atoms with Gasteiger partial charge in [0.05, 0.1) is 34.0 Å². The number of non-ortho nitro benzene ring substituents is 1. The largest absolute Gasteiger partial charge is 0.490 e. The number of halogens is 1. The molecule has 0 aliphatic carbocycles. The van der Waals surface area contributed by atoms with Gasteiger partial charge in [-0.1, -0.05) is 23.7 Å². The Hall–Kier alpha value is -4.11. The monoisotopic (exact) mass is 469 g/mol. The van der Waals surface area contributed by atoms with Crippen LogP contribution in [0.25, 0.3) is 0 Å². The van der Waals surface area contributed by atoms with Gasteiger partial charge in [-0.3, -0.25) is 15.5 Å². The highest BCUT2D eigenvalue weighted by atomic mass is 35.5. The highest BCUT2D eigenvalue weighted by molar-refractivity contribution is 6.32. The molecule has 170 valence electrons. The number of carbonyl (C=O) groups is 1. The Balaban J connectivity index is 1.73. The Morgan fingerprint density at radius 1 is 1.18 bits per heavy atom. The summed E-state index contributed by atoms with van der Waals surface area (Å²) in [4.78, 5) is 21.4. The van der Waals surface area contributed by atoms with E-state index in [1.807, 2.05) is 6.92 Å². The molecule has 0 spiro atoms. The first kappa shape index (κ1) is 23.6. The van der Waals surface area contributed by atoms with E-state index in [1.165, 1.54) is 30.5 Å². The number of nitro groups is 1. The van der Waals surface area contributed by atoms with Gasteiger partial charge in [0.1, 0.15) is 6.61 Å². The van der Waals surface area contributed by atoms with E-state index in [1.54, 1.807) is 36.4 Å². The van der Waals surface area contributed by atoms with Crippen molar-refractivity contribution in [1.82, 2.24) is 0 Å². The van der Waals surface area contributed by atoms with Crippen molar-refractivity contribution in [2.75, 3.05) is 12.0 Å². The first-order chi connectivity index (χ1) is 15.9. The standard InChI is InChI=1S/C23H20ClN3O6/c1-2-32-21-12-16(13-25-26-18-6-8-19(9-7-18)27(30)31)11-20(24)22(21)33-14-15-4-3-5-17(10-15)23(28)29/h3-13,26H,2,14H2,1H3,(H,28,29)/b25-13+. The van der Waals surface area contributed by atoms with E-state index < -0.39 is 10.9 Å². The third-order valence-corrected chi connectivity index (χ3v) is 4.65. The van der Waals surface area contributed by atoms with Gasteiger partial charge in [0.25, 0.3) is 5.69 Å². The Morgan fingerprint density at radius 3 is 2.61 bits per heavy atom. The van der Waals surface area contributed by atoms with Crippen LogP contribution in [0.15, 0.2) is 65.8 Å². The molecule has 33 heavy (non-hydrogen) atoms. The molecule has 0 heterocycles. The first-order valence-electron chi connectivity index (χ1n) is 9.82. The van der Waals surface area contributed by atoms with Gasteiger partial charge in [-0.25, -0.2) is 4.79 Å². The van der Waals surface area contributed by atoms with Gasteiger partial charge in [0, 0.05) is 12.1 Å². The van der Waals surface area contributed by atoms with E-state index in [2.05, 4.69) is 10.5 Å². The van der Waals surface area contributed by atoms with Crippen LogP contribution in [-0.2, 0) is 6.61 Å². The van der Waals surface area contributed by atoms with Crippen molar-refractivity contribution in [2.45, 2.75) is 13.5 Å². The van der Waals surface area contributed by atoms with Crippen molar-refractivity contribution in [1.29, 1.82) is 0 Å². The second-order valence-corrected chi connectivity index (χ2v) is 7.14. The van der Waals surface area contributed by atoms with Crippen LogP contribution in [0.1, 0.15) is 28.4 Å². The fourth-order valence-electron chi connectivity index (χ4n) is 2.85. The van der Waals surface area contributed by atoms with Gasteiger partial charge >= 0.3 is 5.97 Å². The van der Waals surface area contributed by atoms with Gasteiger partial charge in [-0.15, -0.1) is 0 Å².